The van der Waals surface area contributed by atoms with Crippen molar-refractivity contribution in [3.63, 3.8) is 0 Å². The van der Waals surface area contributed by atoms with E-state index < -0.39 is 11.6 Å². The summed E-state index contributed by atoms with van der Waals surface area (Å²) in [6.45, 7) is 5.59. The highest BCUT2D eigenvalue weighted by Gasteiger charge is 2.45. The van der Waals surface area contributed by atoms with Crippen LogP contribution < -0.4 is 15.1 Å². The number of nitrogens with zero attached hydrogens (tertiary/aromatic N) is 3. The monoisotopic (exact) mass is 724 g/mol. The normalized spacial score (nSPS) is 16.2. The molecular formula is C39H34F2N4O4S2. The molecule has 2 fully saturated rings. The molecule has 3 aliphatic rings. The molecule has 12 heteroatoms. The third kappa shape index (κ3) is 6.47. The molecule has 1 N–H and O–H groups in total. The average molecular weight is 725 g/mol. The lowest BCUT2D eigenvalue weighted by Gasteiger charge is -2.53. The summed E-state index contributed by atoms with van der Waals surface area (Å²) in [6.07, 6.45) is 4.20. The van der Waals surface area contributed by atoms with E-state index >= 15 is 0 Å². The molecule has 2 aromatic carbocycles. The fraction of sp³-hybridized carbons (Fsp3) is 0.282. The molecule has 5 aromatic rings. The molecule has 8 nitrogen and oxygen atoms in total. The first-order valence-corrected chi connectivity index (χ1v) is 18.6. The summed E-state index contributed by atoms with van der Waals surface area (Å²) < 4.78 is 33.2. The van der Waals surface area contributed by atoms with Gasteiger partial charge in [-0.15, -0.1) is 22.7 Å². The number of anilines is 3. The zero-order valence-electron chi connectivity index (χ0n) is 27.8. The largest absolute Gasteiger partial charge is 0.381 e. The summed E-state index contributed by atoms with van der Waals surface area (Å²) in [5.74, 6) is -1.41. The minimum absolute atomic E-state index is 0.149. The van der Waals surface area contributed by atoms with Crippen molar-refractivity contribution in [2.45, 2.75) is 32.6 Å². The van der Waals surface area contributed by atoms with E-state index in [1.165, 1.54) is 28.7 Å². The minimum atomic E-state index is -0.741. The topological polar surface area (TPSA) is 91.8 Å². The fourth-order valence-electron chi connectivity index (χ4n) is 7.18. The molecule has 2 saturated heterocycles. The van der Waals surface area contributed by atoms with Crippen molar-refractivity contribution in [3.05, 3.63) is 117 Å². The quantitative estimate of drug-likeness (QED) is 0.171. The number of hydrogen-bond donors (Lipinski definition) is 1. The Bertz CT molecular complexity index is 2170. The number of hydrogen-bond acceptors (Lipinski definition) is 8. The molecule has 0 aliphatic carbocycles. The van der Waals surface area contributed by atoms with Crippen LogP contribution in [0, 0.1) is 24.0 Å². The van der Waals surface area contributed by atoms with Crippen LogP contribution in [0.5, 0.6) is 0 Å². The van der Waals surface area contributed by atoms with E-state index in [4.69, 9.17) is 4.74 Å². The smallest absolute Gasteiger partial charge is 0.259 e. The Morgan fingerprint density at radius 1 is 0.980 bits per heavy atom. The average Bonchev–Trinajstić information content (AvgIpc) is 3.74. The van der Waals surface area contributed by atoms with Crippen molar-refractivity contribution in [1.29, 1.82) is 0 Å². The molecule has 0 atom stereocenters. The van der Waals surface area contributed by atoms with Crippen molar-refractivity contribution in [2.75, 3.05) is 48.0 Å². The fourth-order valence-corrected chi connectivity index (χ4v) is 9.42. The van der Waals surface area contributed by atoms with E-state index in [-0.39, 0.29) is 35.0 Å². The van der Waals surface area contributed by atoms with E-state index in [0.29, 0.717) is 40.5 Å². The van der Waals surface area contributed by atoms with Gasteiger partial charge in [-0.25, -0.2) is 13.8 Å². The van der Waals surface area contributed by atoms with Crippen LogP contribution >= 0.6 is 22.7 Å². The number of carbonyl (C=O) groups excluding carboxylic acids is 3. The summed E-state index contributed by atoms with van der Waals surface area (Å²) in [5, 5.41) is 4.92. The molecule has 0 unspecified atom stereocenters. The summed E-state index contributed by atoms with van der Waals surface area (Å²) >= 11 is 2.83. The first-order valence-electron chi connectivity index (χ1n) is 16.9. The second-order valence-electron chi connectivity index (χ2n) is 13.5. The van der Waals surface area contributed by atoms with Crippen molar-refractivity contribution in [2.24, 2.45) is 5.41 Å². The molecule has 0 bridgehead atoms. The van der Waals surface area contributed by atoms with Crippen LogP contribution in [-0.2, 0) is 17.6 Å². The third-order valence-electron chi connectivity index (χ3n) is 9.98. The van der Waals surface area contributed by atoms with Gasteiger partial charge in [0, 0.05) is 68.2 Å². The van der Waals surface area contributed by atoms with Gasteiger partial charge in [-0.05, 0) is 96.8 Å². The highest BCUT2D eigenvalue weighted by molar-refractivity contribution is 7.23. The van der Waals surface area contributed by atoms with Crippen LogP contribution in [-0.4, -0.2) is 55.4 Å². The van der Waals surface area contributed by atoms with Crippen LogP contribution in [0.15, 0.2) is 72.2 Å². The molecule has 2 amide bonds. The maximum atomic E-state index is 14.2. The molecule has 51 heavy (non-hydrogen) atoms. The minimum Gasteiger partial charge on any atom is -0.381 e. The zero-order chi connectivity index (χ0) is 35.3. The highest BCUT2D eigenvalue weighted by Crippen LogP contribution is 2.46. The number of ketones is 1. The number of ether oxygens (including phenoxy) is 1. The number of pyridine rings is 1. The van der Waals surface area contributed by atoms with Crippen molar-refractivity contribution in [1.82, 2.24) is 4.98 Å². The van der Waals surface area contributed by atoms with Gasteiger partial charge in [0.2, 0.25) is 0 Å². The summed E-state index contributed by atoms with van der Waals surface area (Å²) in [6, 6.07) is 15.8. The second kappa shape index (κ2) is 13.4. The number of Topliss-reactive ketones (excluding diaryl/α,β-unsaturated/α-hetero) is 1. The van der Waals surface area contributed by atoms with Crippen LogP contribution in [0.3, 0.4) is 0 Å². The molecule has 6 heterocycles. The number of halogens is 2. The third-order valence-corrected chi connectivity index (χ3v) is 12.3. The molecule has 8 rings (SSSR count). The Kier molecular flexibility index (Phi) is 8.77. The number of benzene rings is 2. The first kappa shape index (κ1) is 33.4. The van der Waals surface area contributed by atoms with Crippen LogP contribution in [0.2, 0.25) is 0 Å². The van der Waals surface area contributed by atoms with Gasteiger partial charge in [0.05, 0.1) is 25.9 Å². The second-order valence-corrected chi connectivity index (χ2v) is 15.5. The van der Waals surface area contributed by atoms with Crippen molar-refractivity contribution >= 4 is 57.5 Å². The van der Waals surface area contributed by atoms with Crippen LogP contribution in [0.1, 0.15) is 59.9 Å². The number of nitrogens with one attached hydrogen (secondary N) is 1. The van der Waals surface area contributed by atoms with E-state index in [0.717, 1.165) is 77.8 Å². The lowest BCUT2D eigenvalue weighted by molar-refractivity contribution is -0.000511. The summed E-state index contributed by atoms with van der Waals surface area (Å²) in [5.41, 5.74) is 4.57. The lowest BCUT2D eigenvalue weighted by Crippen LogP contribution is -2.59. The molecule has 1 spiro atoms. The first-order chi connectivity index (χ1) is 24.7. The Morgan fingerprint density at radius 2 is 1.76 bits per heavy atom. The van der Waals surface area contributed by atoms with Crippen molar-refractivity contribution in [3.8, 4) is 9.75 Å². The van der Waals surface area contributed by atoms with Gasteiger partial charge in [0.15, 0.2) is 5.78 Å². The Labute approximate surface area is 301 Å². The number of carbonyl (C=O) groups is 3. The van der Waals surface area contributed by atoms with Crippen LogP contribution in [0.25, 0.3) is 9.75 Å². The predicted molar refractivity (Wildman–Crippen MR) is 195 cm³/mol. The van der Waals surface area contributed by atoms with Gasteiger partial charge in [0.25, 0.3) is 11.8 Å². The van der Waals surface area contributed by atoms with E-state index in [9.17, 15) is 23.2 Å². The van der Waals surface area contributed by atoms with E-state index in [1.54, 1.807) is 35.4 Å². The summed E-state index contributed by atoms with van der Waals surface area (Å²) in [7, 11) is 0. The number of fused-ring (bicyclic) bond motifs is 3. The van der Waals surface area contributed by atoms with Crippen LogP contribution in [0.4, 0.5) is 26.0 Å². The predicted octanol–water partition coefficient (Wildman–Crippen LogP) is 7.96. The number of thiophene rings is 2. The molecule has 260 valence electrons. The number of amides is 2. The standard InChI is InChI=1S/C39H34F2N4O4S2/c1-23-16-29(36(42-20-23)44-21-39(22-44)10-13-49-14-11-39)37(47)43-28-6-3-24(4-7-28)38(48)45-12-8-26-18-33(51-34(26)35-31(45)9-15-50-35)32(46)17-25-2-5-27(40)19-30(25)41/h2-7,9,15-16,18-20H,8,10-14,17,21-22H2,1H3,(H,43,47). The molecular weight excluding hydrogens is 691 g/mol. The molecule has 0 radical (unpaired) electrons. The Morgan fingerprint density at radius 3 is 2.53 bits per heavy atom. The van der Waals surface area contributed by atoms with Gasteiger partial charge in [0.1, 0.15) is 17.5 Å². The number of aromatic nitrogens is 1. The van der Waals surface area contributed by atoms with E-state index in [2.05, 4.69) is 15.2 Å². The molecule has 0 saturated carbocycles. The van der Waals surface area contributed by atoms with Crippen molar-refractivity contribution < 1.29 is 27.9 Å². The maximum Gasteiger partial charge on any atom is 0.259 e. The SMILES string of the molecule is Cc1cnc(N2CC3(CCOCC3)C2)c(C(=O)Nc2ccc(C(=O)N3CCc4cc(C(=O)Cc5ccc(F)cc5F)sc4-c4sccc43)cc2)c1. The van der Waals surface area contributed by atoms with E-state index in [1.807, 2.05) is 30.5 Å². The summed E-state index contributed by atoms with van der Waals surface area (Å²) in [4.78, 5) is 51.5. The van der Waals surface area contributed by atoms with Gasteiger partial charge >= 0.3 is 0 Å². The lowest BCUT2D eigenvalue weighted by atomic mass is 9.73. The maximum absolute atomic E-state index is 14.2. The van der Waals surface area contributed by atoms with Gasteiger partial charge < -0.3 is 19.9 Å². The molecule has 3 aromatic heterocycles. The Balaban J connectivity index is 0.956. The van der Waals surface area contributed by atoms with Gasteiger partial charge in [-0.2, -0.15) is 0 Å². The van der Waals surface area contributed by atoms with Gasteiger partial charge in [-0.3, -0.25) is 14.4 Å². The zero-order valence-corrected chi connectivity index (χ0v) is 29.5. The Hall–Kier alpha value is -4.78. The number of rotatable bonds is 7. The highest BCUT2D eigenvalue weighted by atomic mass is 32.1. The van der Waals surface area contributed by atoms with Gasteiger partial charge in [-0.1, -0.05) is 6.07 Å². The number of aryl methyl sites for hydroxylation is 1. The molecule has 3 aliphatic heterocycles.